The topological polar surface area (TPSA) is 32.3 Å². The third-order valence-corrected chi connectivity index (χ3v) is 2.75. The summed E-state index contributed by atoms with van der Waals surface area (Å²) in [4.78, 5) is 14.0. The fourth-order valence-electron chi connectivity index (χ4n) is 2.04. The van der Waals surface area contributed by atoms with Gasteiger partial charge in [-0.3, -0.25) is 4.79 Å². The molecule has 0 saturated carbocycles. The van der Waals surface area contributed by atoms with Crippen LogP contribution in [0.5, 0.6) is 0 Å². The molecule has 0 aromatic rings. The Morgan fingerprint density at radius 3 is 2.94 bits per heavy atom. The highest BCUT2D eigenvalue weighted by Gasteiger charge is 2.28. The maximum absolute atomic E-state index is 12.1. The van der Waals surface area contributed by atoms with Gasteiger partial charge in [0.15, 0.2) is 0 Å². The van der Waals surface area contributed by atoms with E-state index in [-0.39, 0.29) is 11.9 Å². The van der Waals surface area contributed by atoms with Crippen molar-refractivity contribution in [3.05, 3.63) is 0 Å². The molecule has 0 bridgehead atoms. The van der Waals surface area contributed by atoms with Crippen LogP contribution in [-0.4, -0.2) is 36.0 Å². The van der Waals surface area contributed by atoms with Crippen LogP contribution in [0, 0.1) is 11.8 Å². The zero-order valence-electron chi connectivity index (χ0n) is 10.5. The van der Waals surface area contributed by atoms with E-state index < -0.39 is 0 Å². The van der Waals surface area contributed by atoms with Crippen LogP contribution in [0.25, 0.3) is 0 Å². The van der Waals surface area contributed by atoms with Crippen molar-refractivity contribution in [3.8, 4) is 11.8 Å². The molecule has 1 heterocycles. The van der Waals surface area contributed by atoms with Crippen LogP contribution in [0.3, 0.4) is 0 Å². The number of amides is 1. The van der Waals surface area contributed by atoms with Crippen molar-refractivity contribution in [1.29, 1.82) is 0 Å². The van der Waals surface area contributed by atoms with Gasteiger partial charge in [0.05, 0.1) is 6.04 Å². The third kappa shape index (κ3) is 3.86. The lowest BCUT2D eigenvalue weighted by molar-refractivity contribution is -0.136. The van der Waals surface area contributed by atoms with E-state index in [1.165, 1.54) is 0 Å². The lowest BCUT2D eigenvalue weighted by Gasteiger charge is -2.33. The minimum Gasteiger partial charge on any atom is -0.340 e. The predicted molar refractivity (Wildman–Crippen MR) is 65.9 cm³/mol. The first kappa shape index (κ1) is 13.1. The maximum Gasteiger partial charge on any atom is 0.239 e. The molecule has 1 rings (SSSR count). The van der Waals surface area contributed by atoms with E-state index in [0.717, 1.165) is 32.4 Å². The maximum atomic E-state index is 12.1. The second-order valence-corrected chi connectivity index (χ2v) is 4.52. The van der Waals surface area contributed by atoms with Crippen molar-refractivity contribution in [2.24, 2.45) is 0 Å². The van der Waals surface area contributed by atoms with Gasteiger partial charge in [0, 0.05) is 25.6 Å². The third-order valence-electron chi connectivity index (χ3n) is 2.75. The number of nitrogens with zero attached hydrogens (tertiary/aromatic N) is 1. The molecule has 1 atom stereocenters. The molecule has 1 aliphatic heterocycles. The summed E-state index contributed by atoms with van der Waals surface area (Å²) in [6.45, 7) is 7.65. The number of carbonyl (C=O) groups excluding carboxylic acids is 1. The summed E-state index contributed by atoms with van der Waals surface area (Å²) in [5.74, 6) is 6.12. The summed E-state index contributed by atoms with van der Waals surface area (Å²) in [7, 11) is 0. The summed E-state index contributed by atoms with van der Waals surface area (Å²) in [5.41, 5.74) is 0. The first-order valence-corrected chi connectivity index (χ1v) is 6.09. The smallest absolute Gasteiger partial charge is 0.239 e. The summed E-state index contributed by atoms with van der Waals surface area (Å²) in [5, 5.41) is 3.32. The average Bonchev–Trinajstić information content (AvgIpc) is 2.23. The Morgan fingerprint density at radius 2 is 2.31 bits per heavy atom. The lowest BCUT2D eigenvalue weighted by Crippen LogP contribution is -2.52. The van der Waals surface area contributed by atoms with Gasteiger partial charge in [0.1, 0.15) is 0 Å². The first-order chi connectivity index (χ1) is 7.65. The number of piperidine rings is 1. The van der Waals surface area contributed by atoms with Gasteiger partial charge in [-0.2, -0.15) is 0 Å². The summed E-state index contributed by atoms with van der Waals surface area (Å²) >= 11 is 0. The van der Waals surface area contributed by atoms with Gasteiger partial charge in [-0.05, 0) is 19.8 Å². The molecule has 0 aliphatic carbocycles. The second-order valence-electron chi connectivity index (χ2n) is 4.52. The predicted octanol–water partition coefficient (Wildman–Crippen LogP) is 1.39. The van der Waals surface area contributed by atoms with Crippen LogP contribution >= 0.6 is 0 Å². The van der Waals surface area contributed by atoms with E-state index in [1.54, 1.807) is 0 Å². The van der Waals surface area contributed by atoms with Crippen molar-refractivity contribution in [3.63, 3.8) is 0 Å². The molecular weight excluding hydrogens is 200 g/mol. The van der Waals surface area contributed by atoms with Gasteiger partial charge in [-0.15, -0.1) is 11.8 Å². The minimum absolute atomic E-state index is 0.0170. The van der Waals surface area contributed by atoms with Crippen molar-refractivity contribution >= 4 is 5.91 Å². The Kier molecular flexibility index (Phi) is 5.34. The van der Waals surface area contributed by atoms with Crippen LogP contribution in [-0.2, 0) is 4.79 Å². The molecule has 16 heavy (non-hydrogen) atoms. The number of hydrogen-bond acceptors (Lipinski definition) is 2. The van der Waals surface area contributed by atoms with E-state index in [9.17, 15) is 4.79 Å². The molecule has 0 aromatic heterocycles. The van der Waals surface area contributed by atoms with E-state index in [0.29, 0.717) is 6.04 Å². The molecule has 1 saturated heterocycles. The second kappa shape index (κ2) is 6.55. The van der Waals surface area contributed by atoms with E-state index in [2.05, 4.69) is 31.0 Å². The number of nitrogens with one attached hydrogen (secondary N) is 1. The van der Waals surface area contributed by atoms with E-state index in [4.69, 9.17) is 0 Å². The van der Waals surface area contributed by atoms with Crippen molar-refractivity contribution in [1.82, 2.24) is 10.2 Å². The summed E-state index contributed by atoms with van der Waals surface area (Å²) < 4.78 is 0. The molecule has 0 radical (unpaired) electrons. The molecule has 0 spiro atoms. The van der Waals surface area contributed by atoms with E-state index in [1.807, 2.05) is 11.8 Å². The Bertz CT molecular complexity index is 288. The Labute approximate surface area is 98.6 Å². The normalized spacial score (nSPS) is 20.9. The standard InChI is InChI=1S/C13H22N2O/c1-4-5-6-9-15-10-7-8-12(13(15)16)14-11(2)3/h11-12,14H,6-10H2,1-3H3. The van der Waals surface area contributed by atoms with Gasteiger partial charge in [-0.25, -0.2) is 0 Å². The van der Waals surface area contributed by atoms with E-state index >= 15 is 0 Å². The highest BCUT2D eigenvalue weighted by Crippen LogP contribution is 2.12. The Hall–Kier alpha value is -1.01. The lowest BCUT2D eigenvalue weighted by atomic mass is 10.0. The zero-order chi connectivity index (χ0) is 12.0. The number of carbonyl (C=O) groups is 1. The molecule has 1 aliphatic rings. The van der Waals surface area contributed by atoms with Gasteiger partial charge in [-0.1, -0.05) is 13.8 Å². The van der Waals surface area contributed by atoms with Gasteiger partial charge < -0.3 is 10.2 Å². The van der Waals surface area contributed by atoms with Crippen molar-refractivity contribution < 1.29 is 4.79 Å². The monoisotopic (exact) mass is 222 g/mol. The number of rotatable bonds is 4. The van der Waals surface area contributed by atoms with Gasteiger partial charge in [0.25, 0.3) is 0 Å². The van der Waals surface area contributed by atoms with Crippen molar-refractivity contribution in [2.75, 3.05) is 13.1 Å². The fraction of sp³-hybridized carbons (Fsp3) is 0.769. The Morgan fingerprint density at radius 1 is 1.56 bits per heavy atom. The first-order valence-electron chi connectivity index (χ1n) is 6.09. The van der Waals surface area contributed by atoms with Crippen LogP contribution in [0.1, 0.15) is 40.0 Å². The van der Waals surface area contributed by atoms with Crippen LogP contribution in [0.2, 0.25) is 0 Å². The summed E-state index contributed by atoms with van der Waals surface area (Å²) in [6, 6.07) is 0.382. The zero-order valence-corrected chi connectivity index (χ0v) is 10.5. The van der Waals surface area contributed by atoms with Crippen molar-refractivity contribution in [2.45, 2.75) is 52.1 Å². The largest absolute Gasteiger partial charge is 0.340 e. The molecule has 0 aromatic carbocycles. The molecule has 3 nitrogen and oxygen atoms in total. The van der Waals surface area contributed by atoms with Crippen LogP contribution < -0.4 is 5.32 Å². The van der Waals surface area contributed by atoms with Gasteiger partial charge >= 0.3 is 0 Å². The highest BCUT2D eigenvalue weighted by molar-refractivity contribution is 5.82. The molecule has 1 fully saturated rings. The van der Waals surface area contributed by atoms with Gasteiger partial charge in [0.2, 0.25) is 5.91 Å². The highest BCUT2D eigenvalue weighted by atomic mass is 16.2. The fourth-order valence-corrected chi connectivity index (χ4v) is 2.04. The SMILES string of the molecule is CC#CCCN1CCCC(NC(C)C)C1=O. The molecule has 3 heteroatoms. The summed E-state index contributed by atoms with van der Waals surface area (Å²) in [6.07, 6.45) is 2.85. The van der Waals surface area contributed by atoms with Crippen LogP contribution in [0.15, 0.2) is 0 Å². The molecule has 1 N–H and O–H groups in total. The number of hydrogen-bond donors (Lipinski definition) is 1. The quantitative estimate of drug-likeness (QED) is 0.729. The Balaban J connectivity index is 2.45. The minimum atomic E-state index is 0.0170. The molecule has 1 unspecified atom stereocenters. The molecule has 1 amide bonds. The molecule has 90 valence electrons. The van der Waals surface area contributed by atoms with Crippen LogP contribution in [0.4, 0.5) is 0 Å². The molecular formula is C13H22N2O. The number of likely N-dealkylation sites (tertiary alicyclic amines) is 1. The average molecular weight is 222 g/mol.